The van der Waals surface area contributed by atoms with Crippen LogP contribution in [-0.2, 0) is 10.8 Å². The van der Waals surface area contributed by atoms with E-state index in [-0.39, 0.29) is 25.7 Å². The number of para-hydroxylation sites is 4. The molecule has 0 saturated carbocycles. The minimum Gasteiger partial charge on any atom is -0.455 e. The van der Waals surface area contributed by atoms with E-state index in [9.17, 15) is 0 Å². The van der Waals surface area contributed by atoms with Crippen molar-refractivity contribution in [3.8, 4) is 0 Å². The maximum absolute atomic E-state index is 6.56. The van der Waals surface area contributed by atoms with Crippen LogP contribution < -0.4 is 11.1 Å². The van der Waals surface area contributed by atoms with Gasteiger partial charge in [-0.3, -0.25) is 0 Å². The second kappa shape index (κ2) is 17.2. The topological polar surface area (TPSA) is 64.3 Å². The number of benzene rings is 8. The van der Waals surface area contributed by atoms with Gasteiger partial charge in [-0.15, -0.1) is 0 Å². The number of nitrogens with one attached hydrogen (secondary N) is 1. The van der Waals surface area contributed by atoms with Gasteiger partial charge in [0.25, 0.3) is 0 Å². The number of nitrogen functional groups attached to an aromatic ring is 1. The molecule has 4 nitrogen and oxygen atoms in total. The summed E-state index contributed by atoms with van der Waals surface area (Å²) in [5, 5.41) is 13.4. The van der Waals surface area contributed by atoms with E-state index in [0.29, 0.717) is 0 Å². The van der Waals surface area contributed by atoms with E-state index in [1.54, 1.807) is 0 Å². The molecule has 0 aliphatic heterocycles. The van der Waals surface area contributed by atoms with E-state index in [1.807, 2.05) is 48.5 Å². The summed E-state index contributed by atoms with van der Waals surface area (Å²) in [6, 6.07) is 54.2. The van der Waals surface area contributed by atoms with Gasteiger partial charge in [-0.1, -0.05) is 166 Å². The second-order valence-corrected chi connectivity index (χ2v) is 17.8. The van der Waals surface area contributed by atoms with Gasteiger partial charge >= 0.3 is 0 Å². The van der Waals surface area contributed by atoms with E-state index in [2.05, 4.69) is 179 Å². The Hall–Kier alpha value is -5.79. The number of nitrogens with two attached hydrogens (primary N) is 1. The SMILES string of the molecule is C.C.CC(C)(C)c1cc2ccccc2c2c1oc1c(I)cccc12.CC(C)(C)c1cc2ccccc2c2c1oc1c(Nc3ccccc3)cccc12.Nc1ccccc1. The van der Waals surface area contributed by atoms with Crippen LogP contribution in [0, 0.1) is 3.57 Å². The number of fused-ring (bicyclic) bond motifs is 10. The minimum absolute atomic E-state index is 0. The van der Waals surface area contributed by atoms with Crippen LogP contribution in [0.15, 0.2) is 167 Å². The van der Waals surface area contributed by atoms with Crippen LogP contribution in [0.4, 0.5) is 17.1 Å². The Morgan fingerprint density at radius 2 is 0.881 bits per heavy atom. The van der Waals surface area contributed by atoms with Crippen LogP contribution in [0.5, 0.6) is 0 Å². The van der Waals surface area contributed by atoms with E-state index in [0.717, 1.165) is 48.4 Å². The average molecular weight is 891 g/mol. The Labute approximate surface area is 362 Å². The standard InChI is InChI=1S/C26H23NO.C20H17IO.C6H7N.2CH4/c1-26(2,3)21-16-17-10-7-8-13-19(17)23-20-14-9-15-22(24(20)28-25(21)23)27-18-11-5-4-6-12-18;1-20(2,3)15-11-12-7-4-5-8-13(12)17-14-9-6-10-16(21)18(14)22-19(15)17;7-6-4-2-1-3-5-6;;/h4-16,27H,1-3H3;4-11H,1-3H3;1-5H,7H2;2*1H4. The van der Waals surface area contributed by atoms with Crippen molar-refractivity contribution in [3.63, 3.8) is 0 Å². The molecule has 10 rings (SSSR count). The van der Waals surface area contributed by atoms with Crippen molar-refractivity contribution in [2.75, 3.05) is 11.1 Å². The molecule has 0 fully saturated rings. The van der Waals surface area contributed by atoms with Gasteiger partial charge < -0.3 is 19.9 Å². The molecule has 0 spiro atoms. The Morgan fingerprint density at radius 3 is 1.37 bits per heavy atom. The fraction of sp³-hybridized carbons (Fsp3) is 0.185. The maximum atomic E-state index is 6.56. The Bertz CT molecular complexity index is 3020. The van der Waals surface area contributed by atoms with Gasteiger partial charge in [0.15, 0.2) is 5.58 Å². The molecule has 0 amide bonds. The molecule has 0 radical (unpaired) electrons. The highest BCUT2D eigenvalue weighted by Crippen LogP contribution is 2.44. The molecular weight excluding hydrogens is 836 g/mol. The molecule has 2 aromatic heterocycles. The number of hydrogen-bond acceptors (Lipinski definition) is 4. The van der Waals surface area contributed by atoms with Gasteiger partial charge in [0.2, 0.25) is 0 Å². The number of hydrogen-bond donors (Lipinski definition) is 2. The van der Waals surface area contributed by atoms with Crippen LogP contribution >= 0.6 is 22.6 Å². The lowest BCUT2D eigenvalue weighted by molar-refractivity contribution is 0.573. The average Bonchev–Trinajstić information content (AvgIpc) is 3.79. The van der Waals surface area contributed by atoms with Gasteiger partial charge in [0, 0.05) is 44.0 Å². The molecule has 2 heterocycles. The van der Waals surface area contributed by atoms with Crippen molar-refractivity contribution >= 4 is 105 Å². The molecule has 0 bridgehead atoms. The first kappa shape index (κ1) is 42.8. The summed E-state index contributed by atoms with van der Waals surface area (Å²) in [5.41, 5.74) is 14.7. The molecule has 5 heteroatoms. The summed E-state index contributed by atoms with van der Waals surface area (Å²) < 4.78 is 14.1. The van der Waals surface area contributed by atoms with Crippen LogP contribution in [0.25, 0.3) is 65.4 Å². The van der Waals surface area contributed by atoms with E-state index in [1.165, 1.54) is 48.8 Å². The third-order valence-corrected chi connectivity index (χ3v) is 11.3. The van der Waals surface area contributed by atoms with E-state index < -0.39 is 0 Å². The number of anilines is 3. The molecule has 3 N–H and O–H groups in total. The highest BCUT2D eigenvalue weighted by atomic mass is 127. The fourth-order valence-electron chi connectivity index (χ4n) is 7.60. The van der Waals surface area contributed by atoms with Crippen molar-refractivity contribution in [2.45, 2.75) is 67.2 Å². The van der Waals surface area contributed by atoms with Crippen molar-refractivity contribution < 1.29 is 8.83 Å². The lowest BCUT2D eigenvalue weighted by Gasteiger charge is -2.20. The van der Waals surface area contributed by atoms with Crippen molar-refractivity contribution in [1.29, 1.82) is 0 Å². The predicted octanol–water partition coefficient (Wildman–Crippen LogP) is 17.0. The number of halogens is 1. The highest BCUT2D eigenvalue weighted by molar-refractivity contribution is 14.1. The number of rotatable bonds is 2. The van der Waals surface area contributed by atoms with Gasteiger partial charge in [-0.25, -0.2) is 0 Å². The summed E-state index contributed by atoms with van der Waals surface area (Å²) in [7, 11) is 0. The zero-order valence-corrected chi connectivity index (χ0v) is 35.4. The normalized spacial score (nSPS) is 11.4. The van der Waals surface area contributed by atoms with Gasteiger partial charge in [0.05, 0.1) is 9.26 Å². The lowest BCUT2D eigenvalue weighted by Crippen LogP contribution is -2.11. The summed E-state index contributed by atoms with van der Waals surface area (Å²) in [5.74, 6) is 0. The fourth-order valence-corrected chi connectivity index (χ4v) is 8.21. The van der Waals surface area contributed by atoms with Crippen LogP contribution in [0.2, 0.25) is 0 Å². The molecule has 10 aromatic rings. The molecule has 59 heavy (non-hydrogen) atoms. The molecule has 300 valence electrons. The van der Waals surface area contributed by atoms with E-state index >= 15 is 0 Å². The Morgan fingerprint density at radius 1 is 0.458 bits per heavy atom. The van der Waals surface area contributed by atoms with Crippen molar-refractivity contribution in [2.24, 2.45) is 0 Å². The van der Waals surface area contributed by atoms with Gasteiger partial charge in [-0.05, 0) is 103 Å². The first-order valence-corrected chi connectivity index (χ1v) is 20.5. The highest BCUT2D eigenvalue weighted by Gasteiger charge is 2.25. The van der Waals surface area contributed by atoms with Gasteiger partial charge in [-0.2, -0.15) is 0 Å². The quantitative estimate of drug-likeness (QED) is 0.134. The van der Waals surface area contributed by atoms with Crippen LogP contribution in [0.3, 0.4) is 0 Å². The monoisotopic (exact) mass is 890 g/mol. The van der Waals surface area contributed by atoms with Crippen LogP contribution in [-0.4, -0.2) is 0 Å². The molecule has 0 saturated heterocycles. The predicted molar refractivity (Wildman–Crippen MR) is 267 cm³/mol. The van der Waals surface area contributed by atoms with Gasteiger partial charge in [0.1, 0.15) is 16.7 Å². The molecule has 0 aliphatic rings. The largest absolute Gasteiger partial charge is 0.455 e. The first-order valence-electron chi connectivity index (χ1n) is 19.4. The van der Waals surface area contributed by atoms with Crippen LogP contribution in [0.1, 0.15) is 67.5 Å². The first-order chi connectivity index (χ1) is 27.4. The zero-order valence-electron chi connectivity index (χ0n) is 33.3. The van der Waals surface area contributed by atoms with E-state index in [4.69, 9.17) is 14.6 Å². The number of furan rings is 2. The second-order valence-electron chi connectivity index (χ2n) is 16.6. The third-order valence-electron chi connectivity index (χ3n) is 10.4. The molecule has 0 atom stereocenters. The smallest absolute Gasteiger partial charge is 0.158 e. The summed E-state index contributed by atoms with van der Waals surface area (Å²) in [6.07, 6.45) is 0. The zero-order chi connectivity index (χ0) is 39.9. The maximum Gasteiger partial charge on any atom is 0.158 e. The van der Waals surface area contributed by atoms with Crippen molar-refractivity contribution in [1.82, 2.24) is 0 Å². The Kier molecular flexibility index (Phi) is 12.5. The summed E-state index contributed by atoms with van der Waals surface area (Å²) >= 11 is 2.36. The summed E-state index contributed by atoms with van der Waals surface area (Å²) in [4.78, 5) is 0. The third kappa shape index (κ3) is 8.53. The lowest BCUT2D eigenvalue weighted by atomic mass is 9.84. The van der Waals surface area contributed by atoms with Crippen molar-refractivity contribution in [3.05, 3.63) is 172 Å². The molecular formula is C54H55IN2O2. The molecule has 0 unspecified atom stereocenters. The molecule has 8 aromatic carbocycles. The Balaban J connectivity index is 0.000000168. The minimum atomic E-state index is -0.0107. The molecule has 0 aliphatic carbocycles. The summed E-state index contributed by atoms with van der Waals surface area (Å²) in [6.45, 7) is 13.5.